The van der Waals surface area contributed by atoms with Crippen LogP contribution in [0.4, 0.5) is 5.82 Å². The minimum absolute atomic E-state index is 0.178. The van der Waals surface area contributed by atoms with Gasteiger partial charge in [0.05, 0.1) is 13.1 Å². The maximum absolute atomic E-state index is 12.7. The van der Waals surface area contributed by atoms with Gasteiger partial charge >= 0.3 is 0 Å². The number of methoxy groups -OCH3 is 2. The lowest BCUT2D eigenvalue weighted by molar-refractivity contribution is -0.257. The first-order valence-electron chi connectivity index (χ1n) is 9.33. The van der Waals surface area contributed by atoms with Crippen LogP contribution >= 0.6 is 0 Å². The van der Waals surface area contributed by atoms with Crippen molar-refractivity contribution in [2.75, 3.05) is 58.5 Å². The van der Waals surface area contributed by atoms with Gasteiger partial charge in [0.2, 0.25) is 10.0 Å². The summed E-state index contributed by atoms with van der Waals surface area (Å²) in [6.07, 6.45) is 3.56. The largest absolute Gasteiger partial charge is 0.381 e. The molecule has 2 fully saturated rings. The molecule has 0 amide bonds. The Kier molecular flexibility index (Phi) is 6.37. The Balaban J connectivity index is 1.59. The number of anilines is 1. The Morgan fingerprint density at radius 1 is 1.19 bits per heavy atom. The van der Waals surface area contributed by atoms with E-state index in [1.807, 2.05) is 6.92 Å². The van der Waals surface area contributed by atoms with E-state index in [2.05, 4.69) is 9.88 Å². The molecule has 9 heteroatoms. The molecule has 27 heavy (non-hydrogen) atoms. The molecular formula is C18H29N3O5S. The Morgan fingerprint density at radius 3 is 2.37 bits per heavy atom. The third-order valence-corrected chi connectivity index (χ3v) is 7.21. The smallest absolute Gasteiger partial charge is 0.244 e. The number of aromatic nitrogens is 1. The van der Waals surface area contributed by atoms with Crippen LogP contribution in [0.5, 0.6) is 0 Å². The topological polar surface area (TPSA) is 81.2 Å². The zero-order valence-corrected chi connectivity index (χ0v) is 17.1. The van der Waals surface area contributed by atoms with Crippen molar-refractivity contribution < 1.29 is 22.6 Å². The molecule has 1 aromatic rings. The first-order chi connectivity index (χ1) is 12.9. The number of hydrogen-bond acceptors (Lipinski definition) is 7. The molecule has 1 aromatic heterocycles. The lowest BCUT2D eigenvalue weighted by Crippen LogP contribution is -2.65. The molecule has 3 rings (SSSR count). The molecule has 2 aliphatic heterocycles. The fourth-order valence-electron chi connectivity index (χ4n) is 3.48. The maximum Gasteiger partial charge on any atom is 0.244 e. The highest BCUT2D eigenvalue weighted by molar-refractivity contribution is 7.89. The van der Waals surface area contributed by atoms with Crippen molar-refractivity contribution in [3.63, 3.8) is 0 Å². The van der Waals surface area contributed by atoms with Crippen molar-refractivity contribution in [2.24, 2.45) is 5.92 Å². The SMILES string of the molecule is CCOCC1CCN(c2ccc(S(=O)(=O)N3CC(OC)(OC)C3)cn2)CC1. The van der Waals surface area contributed by atoms with E-state index in [0.717, 1.165) is 45.0 Å². The lowest BCUT2D eigenvalue weighted by atomic mass is 9.98. The van der Waals surface area contributed by atoms with Crippen molar-refractivity contribution in [3.8, 4) is 0 Å². The van der Waals surface area contributed by atoms with Crippen LogP contribution in [0.15, 0.2) is 23.2 Å². The molecule has 0 N–H and O–H groups in total. The highest BCUT2D eigenvalue weighted by atomic mass is 32.2. The van der Waals surface area contributed by atoms with Crippen LogP contribution in [0.2, 0.25) is 0 Å². The van der Waals surface area contributed by atoms with Gasteiger partial charge in [-0.15, -0.1) is 0 Å². The van der Waals surface area contributed by atoms with Gasteiger partial charge in [-0.3, -0.25) is 0 Å². The van der Waals surface area contributed by atoms with E-state index in [9.17, 15) is 8.42 Å². The molecular weight excluding hydrogens is 370 g/mol. The molecule has 0 radical (unpaired) electrons. The summed E-state index contributed by atoms with van der Waals surface area (Å²) in [5, 5.41) is 0. The maximum atomic E-state index is 12.7. The normalized spacial score (nSPS) is 21.2. The summed E-state index contributed by atoms with van der Waals surface area (Å²) in [6.45, 7) is 5.76. The molecule has 0 aromatic carbocycles. The lowest BCUT2D eigenvalue weighted by Gasteiger charge is -2.46. The number of rotatable bonds is 8. The summed E-state index contributed by atoms with van der Waals surface area (Å²) >= 11 is 0. The number of sulfonamides is 1. The predicted molar refractivity (Wildman–Crippen MR) is 101 cm³/mol. The third-order valence-electron chi connectivity index (χ3n) is 5.43. The highest BCUT2D eigenvalue weighted by Crippen LogP contribution is 2.31. The molecule has 0 aliphatic carbocycles. The van der Waals surface area contributed by atoms with Crippen LogP contribution in [0.25, 0.3) is 0 Å². The summed E-state index contributed by atoms with van der Waals surface area (Å²) in [4.78, 5) is 6.79. The number of ether oxygens (including phenoxy) is 3. The Morgan fingerprint density at radius 2 is 1.85 bits per heavy atom. The van der Waals surface area contributed by atoms with Gasteiger partial charge in [0.1, 0.15) is 10.7 Å². The van der Waals surface area contributed by atoms with Crippen LogP contribution in [0.1, 0.15) is 19.8 Å². The van der Waals surface area contributed by atoms with Crippen LogP contribution in [0, 0.1) is 5.92 Å². The van der Waals surface area contributed by atoms with Gasteiger partial charge in [-0.05, 0) is 37.8 Å². The second-order valence-corrected chi connectivity index (χ2v) is 8.97. The number of nitrogens with zero attached hydrogens (tertiary/aromatic N) is 3. The second kappa shape index (κ2) is 8.40. The van der Waals surface area contributed by atoms with Gasteiger partial charge in [0, 0.05) is 46.7 Å². The molecule has 3 heterocycles. The van der Waals surface area contributed by atoms with E-state index in [1.54, 1.807) is 12.1 Å². The van der Waals surface area contributed by atoms with Crippen LogP contribution in [-0.2, 0) is 24.2 Å². The molecule has 0 saturated carbocycles. The fraction of sp³-hybridized carbons (Fsp3) is 0.722. The van der Waals surface area contributed by atoms with E-state index in [0.29, 0.717) is 5.92 Å². The third kappa shape index (κ3) is 4.27. The van der Waals surface area contributed by atoms with Crippen molar-refractivity contribution in [1.82, 2.24) is 9.29 Å². The molecule has 0 spiro atoms. The van der Waals surface area contributed by atoms with Crippen LogP contribution in [-0.4, -0.2) is 77.1 Å². The molecule has 2 saturated heterocycles. The van der Waals surface area contributed by atoms with E-state index in [1.165, 1.54) is 24.7 Å². The van der Waals surface area contributed by atoms with Gasteiger partial charge < -0.3 is 19.1 Å². The summed E-state index contributed by atoms with van der Waals surface area (Å²) < 4.78 is 42.8. The average molecular weight is 400 g/mol. The molecule has 8 nitrogen and oxygen atoms in total. The van der Waals surface area contributed by atoms with Gasteiger partial charge in [-0.2, -0.15) is 4.31 Å². The highest BCUT2D eigenvalue weighted by Gasteiger charge is 2.49. The molecule has 2 aliphatic rings. The van der Waals surface area contributed by atoms with E-state index < -0.39 is 15.8 Å². The summed E-state index contributed by atoms with van der Waals surface area (Å²) in [6, 6.07) is 3.42. The van der Waals surface area contributed by atoms with Gasteiger partial charge in [-0.1, -0.05) is 0 Å². The molecule has 0 unspecified atom stereocenters. The zero-order valence-electron chi connectivity index (χ0n) is 16.3. The molecule has 0 atom stereocenters. The van der Waals surface area contributed by atoms with Crippen molar-refractivity contribution in [2.45, 2.75) is 30.4 Å². The minimum atomic E-state index is -3.58. The second-order valence-electron chi connectivity index (χ2n) is 7.03. The zero-order chi connectivity index (χ0) is 19.5. The summed E-state index contributed by atoms with van der Waals surface area (Å²) in [5.74, 6) is 0.566. The Bertz CT molecular complexity index is 705. The summed E-state index contributed by atoms with van der Waals surface area (Å²) in [7, 11) is -0.554. The number of pyridine rings is 1. The number of piperidine rings is 1. The average Bonchev–Trinajstić information content (AvgIpc) is 2.67. The first-order valence-corrected chi connectivity index (χ1v) is 10.8. The fourth-order valence-corrected chi connectivity index (χ4v) is 4.93. The Hall–Kier alpha value is -1.26. The van der Waals surface area contributed by atoms with E-state index in [4.69, 9.17) is 14.2 Å². The van der Waals surface area contributed by atoms with Crippen molar-refractivity contribution in [3.05, 3.63) is 18.3 Å². The molecule has 152 valence electrons. The van der Waals surface area contributed by atoms with Gasteiger partial charge in [0.15, 0.2) is 5.79 Å². The summed E-state index contributed by atoms with van der Waals surface area (Å²) in [5.41, 5.74) is 0. The van der Waals surface area contributed by atoms with Crippen LogP contribution in [0.3, 0.4) is 0 Å². The van der Waals surface area contributed by atoms with Gasteiger partial charge in [-0.25, -0.2) is 13.4 Å². The van der Waals surface area contributed by atoms with Crippen molar-refractivity contribution in [1.29, 1.82) is 0 Å². The first kappa shape index (κ1) is 20.5. The minimum Gasteiger partial charge on any atom is -0.381 e. The predicted octanol–water partition coefficient (Wildman–Crippen LogP) is 1.33. The van der Waals surface area contributed by atoms with Crippen molar-refractivity contribution >= 4 is 15.8 Å². The van der Waals surface area contributed by atoms with Gasteiger partial charge in [0.25, 0.3) is 0 Å². The molecule has 0 bridgehead atoms. The number of hydrogen-bond donors (Lipinski definition) is 0. The quantitative estimate of drug-likeness (QED) is 0.610. The Labute approximate surface area is 161 Å². The monoisotopic (exact) mass is 399 g/mol. The van der Waals surface area contributed by atoms with E-state index in [-0.39, 0.29) is 18.0 Å². The van der Waals surface area contributed by atoms with Crippen LogP contribution < -0.4 is 4.90 Å². The van der Waals surface area contributed by atoms with E-state index >= 15 is 0 Å². The standard InChI is InChI=1S/C18H29N3O5S/c1-4-26-12-15-7-9-20(10-8-15)17-6-5-16(11-19-17)27(22,23)21-13-18(14-21,24-2)25-3/h5-6,11,15H,4,7-10,12-14H2,1-3H3.